The summed E-state index contributed by atoms with van der Waals surface area (Å²) < 4.78 is 13.4. The second-order valence-electron chi connectivity index (χ2n) is 11.2. The molecule has 1 fully saturated rings. The van der Waals surface area contributed by atoms with Crippen LogP contribution >= 0.6 is 0 Å². The van der Waals surface area contributed by atoms with Gasteiger partial charge in [0.1, 0.15) is 40.8 Å². The zero-order valence-electron chi connectivity index (χ0n) is 24.1. The second-order valence-corrected chi connectivity index (χ2v) is 11.2. The molecular weight excluding hydrogens is 536 g/mol. The van der Waals surface area contributed by atoms with Crippen LogP contribution in [-0.2, 0) is 4.74 Å². The lowest BCUT2D eigenvalue weighted by atomic mass is 10.2. The van der Waals surface area contributed by atoms with Crippen molar-refractivity contribution >= 4 is 40.2 Å². The molecule has 0 unspecified atom stereocenters. The molecule has 0 aliphatic carbocycles. The molecule has 6 rings (SSSR count). The smallest absolute Gasteiger partial charge is 0.410 e. The Balaban J connectivity index is 1.18. The SMILES string of the molecule is Cc1cc(Nc2ncnc3cnc(N4CCN(C(=O)OC(C)(C)C)[C@H](C)C4)nc23)ccc1Oc1ccn2ncnc2c1. The van der Waals surface area contributed by atoms with Gasteiger partial charge in [0.05, 0.1) is 6.20 Å². The Kier molecular flexibility index (Phi) is 6.93. The Morgan fingerprint density at radius 2 is 1.90 bits per heavy atom. The first-order chi connectivity index (χ1) is 20.1. The minimum atomic E-state index is -0.543. The monoisotopic (exact) mass is 568 g/mol. The highest BCUT2D eigenvalue weighted by Crippen LogP contribution is 2.30. The van der Waals surface area contributed by atoms with Gasteiger partial charge in [-0.25, -0.2) is 34.2 Å². The van der Waals surface area contributed by atoms with E-state index in [0.29, 0.717) is 53.8 Å². The molecule has 1 aromatic carbocycles. The van der Waals surface area contributed by atoms with Gasteiger partial charge in [-0.05, 0) is 64.4 Å². The number of anilines is 3. The number of amides is 1. The van der Waals surface area contributed by atoms with Gasteiger partial charge < -0.3 is 24.6 Å². The number of hydrogen-bond donors (Lipinski definition) is 1. The molecular formula is C29H32N10O3. The number of carbonyl (C=O) groups is 1. The fourth-order valence-electron chi connectivity index (χ4n) is 4.79. The van der Waals surface area contributed by atoms with E-state index in [4.69, 9.17) is 14.5 Å². The third-order valence-corrected chi connectivity index (χ3v) is 6.82. The van der Waals surface area contributed by atoms with Crippen molar-refractivity contribution in [3.63, 3.8) is 0 Å². The lowest BCUT2D eigenvalue weighted by Crippen LogP contribution is -2.55. The van der Waals surface area contributed by atoms with E-state index in [1.807, 2.05) is 65.0 Å². The molecule has 1 N–H and O–H groups in total. The highest BCUT2D eigenvalue weighted by atomic mass is 16.6. The lowest BCUT2D eigenvalue weighted by Gasteiger charge is -2.40. The van der Waals surface area contributed by atoms with Crippen molar-refractivity contribution in [1.82, 2.24) is 39.4 Å². The maximum atomic E-state index is 12.6. The summed E-state index contributed by atoms with van der Waals surface area (Å²) in [5.74, 6) is 2.52. The van der Waals surface area contributed by atoms with E-state index in [2.05, 4.69) is 35.3 Å². The Labute approximate surface area is 242 Å². The van der Waals surface area contributed by atoms with Crippen LogP contribution in [0.5, 0.6) is 11.5 Å². The molecule has 13 heteroatoms. The summed E-state index contributed by atoms with van der Waals surface area (Å²) in [4.78, 5) is 38.9. The van der Waals surface area contributed by atoms with Crippen molar-refractivity contribution in [2.45, 2.75) is 46.3 Å². The zero-order chi connectivity index (χ0) is 29.4. The van der Waals surface area contributed by atoms with Crippen molar-refractivity contribution in [1.29, 1.82) is 0 Å². The first kappa shape index (κ1) is 27.1. The summed E-state index contributed by atoms with van der Waals surface area (Å²) >= 11 is 0. The zero-order valence-corrected chi connectivity index (χ0v) is 24.1. The van der Waals surface area contributed by atoms with Crippen LogP contribution < -0.4 is 15.0 Å². The molecule has 5 heterocycles. The van der Waals surface area contributed by atoms with Crippen molar-refractivity contribution in [2.24, 2.45) is 0 Å². The summed E-state index contributed by atoms with van der Waals surface area (Å²) in [5, 5.41) is 7.49. The fraction of sp³-hybridized carbons (Fsp3) is 0.345. The van der Waals surface area contributed by atoms with Gasteiger partial charge in [0.25, 0.3) is 0 Å². The standard InChI is InChI=1S/C29H32N10O3/c1-18-12-20(6-7-23(18)41-21-8-9-39-24(13-21)32-17-34-39)35-26-25-22(31-16-33-26)14-30-27(36-25)37-10-11-38(19(2)15-37)28(40)42-29(3,4)5/h6-9,12-14,16-17,19H,10-11,15H2,1-5H3,(H,31,33,35)/t19-/m1/s1. The molecule has 5 aromatic rings. The topological polar surface area (TPSA) is 136 Å². The van der Waals surface area contributed by atoms with Crippen molar-refractivity contribution in [3.05, 3.63) is 60.9 Å². The minimum absolute atomic E-state index is 0.0699. The van der Waals surface area contributed by atoms with Crippen LogP contribution in [0.25, 0.3) is 16.7 Å². The van der Waals surface area contributed by atoms with Crippen LogP contribution in [-0.4, -0.2) is 76.8 Å². The molecule has 0 spiro atoms. The number of nitrogens with zero attached hydrogens (tertiary/aromatic N) is 9. The largest absolute Gasteiger partial charge is 0.457 e. The number of hydrogen-bond acceptors (Lipinski definition) is 11. The third-order valence-electron chi connectivity index (χ3n) is 6.82. The number of nitrogens with one attached hydrogen (secondary N) is 1. The minimum Gasteiger partial charge on any atom is -0.457 e. The van der Waals surface area contributed by atoms with Gasteiger partial charge in [-0.1, -0.05) is 0 Å². The van der Waals surface area contributed by atoms with Gasteiger partial charge in [-0.2, -0.15) is 5.10 Å². The Hall–Kier alpha value is -5.07. The number of carbonyl (C=O) groups excluding carboxylic acids is 1. The van der Waals surface area contributed by atoms with Crippen molar-refractivity contribution in [2.75, 3.05) is 29.9 Å². The second kappa shape index (κ2) is 10.7. The summed E-state index contributed by atoms with van der Waals surface area (Å²) in [6.07, 6.45) is 6.19. The van der Waals surface area contributed by atoms with Gasteiger partial charge in [0.15, 0.2) is 11.5 Å². The van der Waals surface area contributed by atoms with Crippen molar-refractivity contribution in [3.8, 4) is 11.5 Å². The maximum Gasteiger partial charge on any atom is 0.410 e. The number of aromatic nitrogens is 7. The van der Waals surface area contributed by atoms with Gasteiger partial charge in [0.2, 0.25) is 5.95 Å². The number of rotatable bonds is 5. The van der Waals surface area contributed by atoms with E-state index < -0.39 is 5.60 Å². The molecule has 1 aliphatic rings. The van der Waals surface area contributed by atoms with Crippen LogP contribution in [0, 0.1) is 6.92 Å². The molecule has 216 valence electrons. The molecule has 1 atom stereocenters. The summed E-state index contributed by atoms with van der Waals surface area (Å²) in [6, 6.07) is 9.42. The molecule has 1 saturated heterocycles. The number of aryl methyl sites for hydroxylation is 1. The lowest BCUT2D eigenvalue weighted by molar-refractivity contribution is 0.0158. The third kappa shape index (κ3) is 5.71. The average Bonchev–Trinajstić information content (AvgIpc) is 3.41. The van der Waals surface area contributed by atoms with E-state index >= 15 is 0 Å². The van der Waals surface area contributed by atoms with Gasteiger partial charge in [-0.15, -0.1) is 0 Å². The van der Waals surface area contributed by atoms with Crippen LogP contribution in [0.2, 0.25) is 0 Å². The summed E-state index contributed by atoms with van der Waals surface area (Å²) in [7, 11) is 0. The molecule has 42 heavy (non-hydrogen) atoms. The maximum absolute atomic E-state index is 12.6. The molecule has 1 aliphatic heterocycles. The van der Waals surface area contributed by atoms with Crippen LogP contribution in [0.15, 0.2) is 55.4 Å². The predicted molar refractivity (Wildman–Crippen MR) is 157 cm³/mol. The normalized spacial score (nSPS) is 15.7. The van der Waals surface area contributed by atoms with E-state index in [1.165, 1.54) is 12.7 Å². The number of fused-ring (bicyclic) bond motifs is 2. The van der Waals surface area contributed by atoms with Crippen LogP contribution in [0.3, 0.4) is 0 Å². The Morgan fingerprint density at radius 1 is 1.05 bits per heavy atom. The summed E-state index contributed by atoms with van der Waals surface area (Å²) in [6.45, 7) is 11.2. The fourth-order valence-corrected chi connectivity index (χ4v) is 4.79. The molecule has 0 saturated carbocycles. The molecule has 0 bridgehead atoms. The first-order valence-electron chi connectivity index (χ1n) is 13.7. The highest BCUT2D eigenvalue weighted by molar-refractivity contribution is 5.87. The van der Waals surface area contributed by atoms with E-state index in [-0.39, 0.29) is 12.1 Å². The molecule has 13 nitrogen and oxygen atoms in total. The van der Waals surface area contributed by atoms with Gasteiger partial charge in [0, 0.05) is 43.6 Å². The van der Waals surface area contributed by atoms with Crippen molar-refractivity contribution < 1.29 is 14.3 Å². The molecule has 0 radical (unpaired) electrons. The van der Waals surface area contributed by atoms with Gasteiger partial charge >= 0.3 is 6.09 Å². The van der Waals surface area contributed by atoms with E-state index in [0.717, 1.165) is 17.0 Å². The highest BCUT2D eigenvalue weighted by Gasteiger charge is 2.32. The molecule has 1 amide bonds. The quantitative estimate of drug-likeness (QED) is 0.314. The number of benzene rings is 1. The summed E-state index contributed by atoms with van der Waals surface area (Å²) in [5.41, 5.74) is 3.15. The Bertz CT molecular complexity index is 1770. The number of ether oxygens (including phenoxy) is 2. The van der Waals surface area contributed by atoms with Crippen LogP contribution in [0.4, 0.5) is 22.2 Å². The number of pyridine rings is 1. The average molecular weight is 569 g/mol. The molecule has 4 aromatic heterocycles. The van der Waals surface area contributed by atoms with E-state index in [1.54, 1.807) is 21.8 Å². The van der Waals surface area contributed by atoms with Gasteiger partial charge in [-0.3, -0.25) is 0 Å². The number of piperazine rings is 1. The Morgan fingerprint density at radius 3 is 2.69 bits per heavy atom. The van der Waals surface area contributed by atoms with E-state index in [9.17, 15) is 4.79 Å². The van der Waals surface area contributed by atoms with Crippen LogP contribution in [0.1, 0.15) is 33.3 Å². The first-order valence-corrected chi connectivity index (χ1v) is 13.7. The predicted octanol–water partition coefficient (Wildman–Crippen LogP) is 4.75.